The number of carbonyl (C=O) groups excluding carboxylic acids is 1. The van der Waals surface area contributed by atoms with E-state index >= 15 is 0 Å². The number of ether oxygens (including phenoxy) is 1. The van der Waals surface area contributed by atoms with Crippen molar-refractivity contribution in [2.75, 3.05) is 0 Å². The van der Waals surface area contributed by atoms with E-state index in [1.165, 1.54) is 6.92 Å². The summed E-state index contributed by atoms with van der Waals surface area (Å²) in [6.07, 6.45) is 4.43. The highest BCUT2D eigenvalue weighted by Crippen LogP contribution is 2.55. The van der Waals surface area contributed by atoms with E-state index in [0.717, 1.165) is 12.8 Å². The molecular weight excluding hydrogens is 260 g/mol. The van der Waals surface area contributed by atoms with E-state index < -0.39 is 5.97 Å². The summed E-state index contributed by atoms with van der Waals surface area (Å²) in [4.78, 5) is 22.0. The lowest BCUT2D eigenvalue weighted by atomic mass is 9.65. The fourth-order valence-electron chi connectivity index (χ4n) is 3.88. The second kappa shape index (κ2) is 5.46. The van der Waals surface area contributed by atoms with Gasteiger partial charge >= 0.3 is 11.9 Å². The molecule has 0 spiro atoms. The molecule has 0 aliphatic heterocycles. The zero-order valence-corrected chi connectivity index (χ0v) is 12.0. The number of allylic oxidation sites excluding steroid dienone is 2. The van der Waals surface area contributed by atoms with Gasteiger partial charge in [-0.05, 0) is 37.7 Å². The summed E-state index contributed by atoms with van der Waals surface area (Å²) in [5.41, 5.74) is -0.193. The van der Waals surface area contributed by atoms with Crippen molar-refractivity contribution in [3.63, 3.8) is 0 Å². The topological polar surface area (TPSA) is 83.8 Å². The first kappa shape index (κ1) is 14.9. The van der Waals surface area contributed by atoms with Crippen LogP contribution in [0.1, 0.15) is 46.0 Å². The van der Waals surface area contributed by atoms with Crippen LogP contribution < -0.4 is 0 Å². The first-order valence-corrected chi connectivity index (χ1v) is 7.12. The molecule has 0 radical (unpaired) electrons. The number of hydrogen-bond donors (Lipinski definition) is 2. The van der Waals surface area contributed by atoms with Gasteiger partial charge in [-0.25, -0.2) is 0 Å². The summed E-state index contributed by atoms with van der Waals surface area (Å²) in [6.45, 7) is 3.49. The quantitative estimate of drug-likeness (QED) is 0.774. The zero-order chi connectivity index (χ0) is 14.9. The predicted molar refractivity (Wildman–Crippen MR) is 72.1 cm³/mol. The first-order valence-electron chi connectivity index (χ1n) is 7.12. The molecule has 1 saturated carbocycles. The molecule has 0 amide bonds. The van der Waals surface area contributed by atoms with Crippen LogP contribution in [0.2, 0.25) is 0 Å². The predicted octanol–water partition coefficient (Wildman–Crippen LogP) is 2.66. The fraction of sp³-hybridized carbons (Fsp3) is 0.733. The smallest absolute Gasteiger partial charge is 0.303 e. The van der Waals surface area contributed by atoms with Gasteiger partial charge < -0.3 is 14.9 Å². The fourth-order valence-corrected chi connectivity index (χ4v) is 3.88. The molecule has 4 atom stereocenters. The molecule has 112 valence electrons. The number of aliphatic hydroxyl groups excluding tert-OH is 1. The summed E-state index contributed by atoms with van der Waals surface area (Å²) >= 11 is 0. The standard InChI is InChI=1S/C15H22O5/c1-9(16)20-13-5-4-11-10(3-6-14(18)19)12(17)7-8-15(11,13)2/h7,10-11,13,17H,3-6,8H2,1-2H3,(H,18,19). The van der Waals surface area contributed by atoms with Gasteiger partial charge in [-0.2, -0.15) is 0 Å². The van der Waals surface area contributed by atoms with Crippen LogP contribution in [0.4, 0.5) is 0 Å². The number of aliphatic hydroxyl groups is 1. The Labute approximate surface area is 118 Å². The lowest BCUT2D eigenvalue weighted by molar-refractivity contribution is -0.153. The zero-order valence-electron chi connectivity index (χ0n) is 12.0. The van der Waals surface area contributed by atoms with Gasteiger partial charge in [0, 0.05) is 24.7 Å². The molecule has 0 heterocycles. The summed E-state index contributed by atoms with van der Waals surface area (Å²) in [7, 11) is 0. The minimum atomic E-state index is -0.848. The van der Waals surface area contributed by atoms with Crippen LogP contribution in [0.25, 0.3) is 0 Å². The third-order valence-electron chi connectivity index (χ3n) is 4.92. The highest BCUT2D eigenvalue weighted by atomic mass is 16.5. The Balaban J connectivity index is 2.17. The average molecular weight is 282 g/mol. The van der Waals surface area contributed by atoms with E-state index in [-0.39, 0.29) is 35.7 Å². The van der Waals surface area contributed by atoms with E-state index in [1.54, 1.807) is 6.08 Å². The second-order valence-electron chi connectivity index (χ2n) is 6.16. The number of fused-ring (bicyclic) bond motifs is 1. The van der Waals surface area contributed by atoms with Crippen molar-refractivity contribution in [2.45, 2.75) is 52.1 Å². The number of esters is 1. The summed E-state index contributed by atoms with van der Waals surface area (Å²) in [5.74, 6) is -0.781. The molecule has 0 saturated heterocycles. The monoisotopic (exact) mass is 282 g/mol. The van der Waals surface area contributed by atoms with Gasteiger partial charge in [-0.3, -0.25) is 9.59 Å². The molecule has 5 heteroatoms. The van der Waals surface area contributed by atoms with Crippen LogP contribution in [-0.4, -0.2) is 28.3 Å². The molecule has 2 N–H and O–H groups in total. The van der Waals surface area contributed by atoms with E-state index in [9.17, 15) is 14.7 Å². The number of hydrogen-bond acceptors (Lipinski definition) is 4. The summed E-state index contributed by atoms with van der Waals surface area (Å²) in [6, 6.07) is 0. The van der Waals surface area contributed by atoms with Crippen LogP contribution in [0.15, 0.2) is 11.8 Å². The van der Waals surface area contributed by atoms with Gasteiger partial charge in [0.05, 0.1) is 5.76 Å². The van der Waals surface area contributed by atoms with Crippen molar-refractivity contribution in [3.05, 3.63) is 11.8 Å². The molecule has 1 fully saturated rings. The molecule has 5 nitrogen and oxygen atoms in total. The van der Waals surface area contributed by atoms with E-state index in [1.807, 2.05) is 0 Å². The SMILES string of the molecule is CC(=O)OC1CCC2C(CCC(=O)O)C(O)=CCC12C. The van der Waals surface area contributed by atoms with Crippen LogP contribution >= 0.6 is 0 Å². The van der Waals surface area contributed by atoms with Crippen LogP contribution in [0, 0.1) is 17.3 Å². The Bertz CT molecular complexity index is 442. The molecule has 2 rings (SSSR count). The minimum absolute atomic E-state index is 0.0490. The lowest BCUT2D eigenvalue weighted by Crippen LogP contribution is -2.41. The minimum Gasteiger partial charge on any atom is -0.512 e. The summed E-state index contributed by atoms with van der Waals surface area (Å²) in [5, 5.41) is 18.9. The Hall–Kier alpha value is -1.52. The third kappa shape index (κ3) is 2.67. The van der Waals surface area contributed by atoms with Crippen LogP contribution in [0.5, 0.6) is 0 Å². The first-order chi connectivity index (χ1) is 9.34. The number of carboxylic acid groups (broad SMARTS) is 1. The Morgan fingerprint density at radius 1 is 1.45 bits per heavy atom. The number of rotatable bonds is 4. The molecule has 20 heavy (non-hydrogen) atoms. The number of carbonyl (C=O) groups is 2. The Morgan fingerprint density at radius 2 is 2.15 bits per heavy atom. The molecule has 0 aromatic carbocycles. The van der Waals surface area contributed by atoms with Crippen molar-refractivity contribution >= 4 is 11.9 Å². The van der Waals surface area contributed by atoms with Gasteiger partial charge in [0.25, 0.3) is 0 Å². The largest absolute Gasteiger partial charge is 0.512 e. The highest BCUT2D eigenvalue weighted by molar-refractivity contribution is 5.67. The van der Waals surface area contributed by atoms with Crippen LogP contribution in [0.3, 0.4) is 0 Å². The van der Waals surface area contributed by atoms with Crippen LogP contribution in [-0.2, 0) is 14.3 Å². The molecule has 2 aliphatic carbocycles. The van der Waals surface area contributed by atoms with Crippen molar-refractivity contribution < 1.29 is 24.5 Å². The molecule has 0 bridgehead atoms. The van der Waals surface area contributed by atoms with Gasteiger partial charge in [-0.1, -0.05) is 6.92 Å². The summed E-state index contributed by atoms with van der Waals surface area (Å²) < 4.78 is 5.43. The van der Waals surface area contributed by atoms with Gasteiger partial charge in [0.1, 0.15) is 6.10 Å². The van der Waals surface area contributed by atoms with Gasteiger partial charge in [0.2, 0.25) is 0 Å². The molecule has 0 aromatic rings. The molecular formula is C15H22O5. The maximum absolute atomic E-state index is 11.2. The second-order valence-corrected chi connectivity index (χ2v) is 6.16. The van der Waals surface area contributed by atoms with Crippen molar-refractivity contribution in [2.24, 2.45) is 17.3 Å². The van der Waals surface area contributed by atoms with E-state index in [4.69, 9.17) is 9.84 Å². The van der Waals surface area contributed by atoms with Crippen molar-refractivity contribution in [1.29, 1.82) is 0 Å². The number of carboxylic acids is 1. The van der Waals surface area contributed by atoms with E-state index in [0.29, 0.717) is 18.6 Å². The third-order valence-corrected chi connectivity index (χ3v) is 4.92. The average Bonchev–Trinajstić information content (AvgIpc) is 2.66. The maximum Gasteiger partial charge on any atom is 0.303 e. The van der Waals surface area contributed by atoms with Crippen molar-refractivity contribution in [1.82, 2.24) is 0 Å². The van der Waals surface area contributed by atoms with E-state index in [2.05, 4.69) is 6.92 Å². The molecule has 4 unspecified atom stereocenters. The lowest BCUT2D eigenvalue weighted by Gasteiger charge is -2.42. The Morgan fingerprint density at radius 3 is 2.75 bits per heavy atom. The van der Waals surface area contributed by atoms with Gasteiger partial charge in [-0.15, -0.1) is 0 Å². The Kier molecular flexibility index (Phi) is 4.06. The highest BCUT2D eigenvalue weighted by Gasteiger charge is 2.53. The normalized spacial score (nSPS) is 36.1. The maximum atomic E-state index is 11.2. The number of aliphatic carboxylic acids is 1. The van der Waals surface area contributed by atoms with Crippen molar-refractivity contribution in [3.8, 4) is 0 Å². The molecule has 2 aliphatic rings. The van der Waals surface area contributed by atoms with Gasteiger partial charge in [0.15, 0.2) is 0 Å². The molecule has 0 aromatic heterocycles.